The van der Waals surface area contributed by atoms with Gasteiger partial charge in [-0.25, -0.2) is 0 Å². The smallest absolute Gasteiger partial charge is 0.0660 e. The molecule has 0 saturated carbocycles. The van der Waals surface area contributed by atoms with Crippen LogP contribution in [0.5, 0.6) is 0 Å². The summed E-state index contributed by atoms with van der Waals surface area (Å²) >= 11 is 4.20. The van der Waals surface area contributed by atoms with Crippen LogP contribution in [0.3, 0.4) is 0 Å². The Bertz CT molecular complexity index is 316. The molecule has 0 radical (unpaired) electrons. The van der Waals surface area contributed by atoms with Crippen molar-refractivity contribution in [3.63, 3.8) is 0 Å². The van der Waals surface area contributed by atoms with Crippen molar-refractivity contribution in [2.75, 3.05) is 13.1 Å². The van der Waals surface area contributed by atoms with Gasteiger partial charge in [0.1, 0.15) is 0 Å². The van der Waals surface area contributed by atoms with Crippen LogP contribution >= 0.6 is 12.6 Å². The van der Waals surface area contributed by atoms with Gasteiger partial charge in [0, 0.05) is 17.6 Å². The van der Waals surface area contributed by atoms with E-state index in [1.165, 1.54) is 5.57 Å². The number of thiol groups is 1. The van der Waals surface area contributed by atoms with Gasteiger partial charge in [-0.1, -0.05) is 6.08 Å². The number of hydrogen-bond acceptors (Lipinski definition) is 3. The standard InChI is InChI=1S/C10H12N2S/c13-9-1-2-10(12-7-9)8-3-5-11-6-4-8/h1-3,7,11,13H,4-6H2. The molecule has 1 aromatic heterocycles. The van der Waals surface area contributed by atoms with E-state index < -0.39 is 0 Å². The first kappa shape index (κ1) is 8.78. The molecule has 1 aliphatic heterocycles. The van der Waals surface area contributed by atoms with Crippen molar-refractivity contribution in [3.8, 4) is 0 Å². The lowest BCUT2D eigenvalue weighted by Crippen LogP contribution is -2.20. The number of nitrogens with zero attached hydrogens (tertiary/aromatic N) is 1. The molecular formula is C10H12N2S. The molecule has 3 heteroatoms. The Labute approximate surface area is 83.5 Å². The summed E-state index contributed by atoms with van der Waals surface area (Å²) in [5.74, 6) is 0. The quantitative estimate of drug-likeness (QED) is 0.663. The van der Waals surface area contributed by atoms with Crippen molar-refractivity contribution in [1.82, 2.24) is 10.3 Å². The van der Waals surface area contributed by atoms with Gasteiger partial charge in [0.2, 0.25) is 0 Å². The summed E-state index contributed by atoms with van der Waals surface area (Å²) in [4.78, 5) is 5.24. The summed E-state index contributed by atoms with van der Waals surface area (Å²) in [5, 5.41) is 3.28. The third-order valence-electron chi connectivity index (χ3n) is 2.14. The molecule has 0 bridgehead atoms. The normalized spacial score (nSPS) is 16.8. The largest absolute Gasteiger partial charge is 0.313 e. The zero-order valence-corrected chi connectivity index (χ0v) is 8.22. The van der Waals surface area contributed by atoms with E-state index in [1.54, 1.807) is 6.20 Å². The Morgan fingerprint density at radius 2 is 2.31 bits per heavy atom. The molecule has 2 rings (SSSR count). The maximum atomic E-state index is 4.33. The van der Waals surface area contributed by atoms with E-state index >= 15 is 0 Å². The van der Waals surface area contributed by atoms with Crippen molar-refractivity contribution < 1.29 is 0 Å². The number of rotatable bonds is 1. The molecule has 0 saturated heterocycles. The van der Waals surface area contributed by atoms with Gasteiger partial charge < -0.3 is 5.32 Å². The van der Waals surface area contributed by atoms with E-state index in [2.05, 4.69) is 29.0 Å². The van der Waals surface area contributed by atoms with Gasteiger partial charge in [-0.15, -0.1) is 12.6 Å². The molecule has 1 aromatic rings. The highest BCUT2D eigenvalue weighted by atomic mass is 32.1. The molecule has 2 nitrogen and oxygen atoms in total. The summed E-state index contributed by atoms with van der Waals surface area (Å²) in [6.07, 6.45) is 5.06. The maximum Gasteiger partial charge on any atom is 0.0660 e. The highest BCUT2D eigenvalue weighted by Crippen LogP contribution is 2.18. The molecule has 68 valence electrons. The SMILES string of the molecule is Sc1ccc(C2=CCNCC2)nc1. The van der Waals surface area contributed by atoms with Crippen LogP contribution in [0.2, 0.25) is 0 Å². The first-order valence-corrected chi connectivity index (χ1v) is 4.86. The van der Waals surface area contributed by atoms with Crippen LogP contribution < -0.4 is 5.32 Å². The van der Waals surface area contributed by atoms with Crippen LogP contribution in [0, 0.1) is 0 Å². The minimum absolute atomic E-state index is 0.915. The zero-order chi connectivity index (χ0) is 9.10. The summed E-state index contributed by atoms with van der Waals surface area (Å²) in [5.41, 5.74) is 2.42. The van der Waals surface area contributed by atoms with E-state index in [0.717, 1.165) is 30.1 Å². The predicted molar refractivity (Wildman–Crippen MR) is 57.0 cm³/mol. The highest BCUT2D eigenvalue weighted by molar-refractivity contribution is 7.80. The van der Waals surface area contributed by atoms with E-state index in [1.807, 2.05) is 12.1 Å². The molecule has 0 aromatic carbocycles. The van der Waals surface area contributed by atoms with Crippen LogP contribution in [-0.4, -0.2) is 18.1 Å². The first-order valence-electron chi connectivity index (χ1n) is 4.41. The highest BCUT2D eigenvalue weighted by Gasteiger charge is 2.05. The van der Waals surface area contributed by atoms with Crippen molar-refractivity contribution in [1.29, 1.82) is 0 Å². The van der Waals surface area contributed by atoms with E-state index in [0.29, 0.717) is 0 Å². The van der Waals surface area contributed by atoms with Crippen LogP contribution in [-0.2, 0) is 0 Å². The summed E-state index contributed by atoms with van der Waals surface area (Å²) in [7, 11) is 0. The lowest BCUT2D eigenvalue weighted by Gasteiger charge is -2.13. The molecule has 0 unspecified atom stereocenters. The molecule has 0 fully saturated rings. The summed E-state index contributed by atoms with van der Waals surface area (Å²) in [6, 6.07) is 4.01. The van der Waals surface area contributed by atoms with Gasteiger partial charge in [0.15, 0.2) is 0 Å². The van der Waals surface area contributed by atoms with Crippen molar-refractivity contribution in [2.45, 2.75) is 11.3 Å². The first-order chi connectivity index (χ1) is 6.36. The second kappa shape index (κ2) is 3.94. The predicted octanol–water partition coefficient (Wildman–Crippen LogP) is 1.75. The van der Waals surface area contributed by atoms with Gasteiger partial charge in [-0.05, 0) is 30.7 Å². The minimum atomic E-state index is 0.915. The molecule has 1 N–H and O–H groups in total. The molecule has 13 heavy (non-hydrogen) atoms. The lowest BCUT2D eigenvalue weighted by molar-refractivity contribution is 0.736. The Morgan fingerprint density at radius 1 is 1.38 bits per heavy atom. The Kier molecular flexibility index (Phi) is 2.66. The molecule has 0 amide bonds. The average molecular weight is 192 g/mol. The molecule has 2 heterocycles. The van der Waals surface area contributed by atoms with Crippen LogP contribution in [0.15, 0.2) is 29.3 Å². The molecule has 0 atom stereocenters. The minimum Gasteiger partial charge on any atom is -0.313 e. The lowest BCUT2D eigenvalue weighted by atomic mass is 10.1. The molecule has 1 aliphatic rings. The molecule has 0 aliphatic carbocycles. The molecular weight excluding hydrogens is 180 g/mol. The van der Waals surface area contributed by atoms with E-state index in [9.17, 15) is 0 Å². The Hall–Kier alpha value is -0.800. The van der Waals surface area contributed by atoms with Crippen molar-refractivity contribution in [2.24, 2.45) is 0 Å². The summed E-state index contributed by atoms with van der Waals surface area (Å²) in [6.45, 7) is 2.01. The summed E-state index contributed by atoms with van der Waals surface area (Å²) < 4.78 is 0. The van der Waals surface area contributed by atoms with E-state index in [-0.39, 0.29) is 0 Å². The topological polar surface area (TPSA) is 24.9 Å². The van der Waals surface area contributed by atoms with Crippen LogP contribution in [0.4, 0.5) is 0 Å². The van der Waals surface area contributed by atoms with Gasteiger partial charge in [0.25, 0.3) is 0 Å². The van der Waals surface area contributed by atoms with Gasteiger partial charge in [-0.3, -0.25) is 4.98 Å². The maximum absolute atomic E-state index is 4.33. The second-order valence-electron chi connectivity index (χ2n) is 3.09. The molecule has 0 spiro atoms. The van der Waals surface area contributed by atoms with Crippen molar-refractivity contribution >= 4 is 18.2 Å². The average Bonchev–Trinajstić information content (AvgIpc) is 2.20. The monoisotopic (exact) mass is 192 g/mol. The number of aromatic nitrogens is 1. The third kappa shape index (κ3) is 2.11. The fourth-order valence-electron chi connectivity index (χ4n) is 1.43. The van der Waals surface area contributed by atoms with Gasteiger partial charge in [-0.2, -0.15) is 0 Å². The number of nitrogens with one attached hydrogen (secondary N) is 1. The number of hydrogen-bond donors (Lipinski definition) is 2. The number of pyridine rings is 1. The van der Waals surface area contributed by atoms with Crippen LogP contribution in [0.25, 0.3) is 5.57 Å². The van der Waals surface area contributed by atoms with Gasteiger partial charge >= 0.3 is 0 Å². The Morgan fingerprint density at radius 3 is 2.92 bits per heavy atom. The zero-order valence-electron chi connectivity index (χ0n) is 7.33. The Balaban J connectivity index is 2.24. The fourth-order valence-corrected chi connectivity index (χ4v) is 1.56. The van der Waals surface area contributed by atoms with Crippen LogP contribution in [0.1, 0.15) is 12.1 Å². The second-order valence-corrected chi connectivity index (χ2v) is 3.60. The fraction of sp³-hybridized carbons (Fsp3) is 0.300. The van der Waals surface area contributed by atoms with E-state index in [4.69, 9.17) is 0 Å². The third-order valence-corrected chi connectivity index (χ3v) is 2.41. The van der Waals surface area contributed by atoms with Gasteiger partial charge in [0.05, 0.1) is 5.69 Å². The van der Waals surface area contributed by atoms with Crippen molar-refractivity contribution in [3.05, 3.63) is 30.1 Å².